The summed E-state index contributed by atoms with van der Waals surface area (Å²) in [5, 5.41) is 0. The Hall–Kier alpha value is -3.77. The minimum Gasteiger partial charge on any atom is -0.574 e. The van der Waals surface area contributed by atoms with Gasteiger partial charge in [0.2, 0.25) is 5.69 Å². The van der Waals surface area contributed by atoms with Gasteiger partial charge in [-0.1, -0.05) is 42.1 Å². The van der Waals surface area contributed by atoms with Crippen LogP contribution in [0.1, 0.15) is 11.1 Å². The van der Waals surface area contributed by atoms with Crippen LogP contribution in [0.2, 0.25) is 0 Å². The fourth-order valence-electron chi connectivity index (χ4n) is 3.28. The quantitative estimate of drug-likeness (QED) is 0.358. The molecule has 1 heterocycles. The van der Waals surface area contributed by atoms with Gasteiger partial charge in [-0.05, 0) is 61.5 Å². The third-order valence-electron chi connectivity index (χ3n) is 4.96. The molecule has 0 saturated carbocycles. The Balaban J connectivity index is 1.81. The number of sulfonamides is 1. The van der Waals surface area contributed by atoms with Gasteiger partial charge in [0.15, 0.2) is 11.9 Å². The molecule has 0 saturated heterocycles. The fraction of sp³-hybridized carbons (Fsp3) is 0.0385. The van der Waals surface area contributed by atoms with Crippen LogP contribution in [0.15, 0.2) is 114 Å². The summed E-state index contributed by atoms with van der Waals surface area (Å²) in [5.41, 5.74) is 3.88. The molecule has 160 valence electrons. The van der Waals surface area contributed by atoms with Crippen LogP contribution in [-0.4, -0.2) is 8.42 Å². The van der Waals surface area contributed by atoms with Gasteiger partial charge in [0.1, 0.15) is 15.8 Å². The summed E-state index contributed by atoms with van der Waals surface area (Å²) >= 11 is 0. The van der Waals surface area contributed by atoms with Gasteiger partial charge in [-0.25, -0.2) is 12.8 Å². The van der Waals surface area contributed by atoms with E-state index in [2.05, 4.69) is 4.72 Å². The van der Waals surface area contributed by atoms with E-state index in [1.807, 2.05) is 66.2 Å². The summed E-state index contributed by atoms with van der Waals surface area (Å²) in [7, 11) is -3.89. The molecule has 0 bridgehead atoms. The van der Waals surface area contributed by atoms with Crippen molar-refractivity contribution in [2.45, 2.75) is 11.8 Å². The maximum atomic E-state index is 13.5. The molecule has 1 aromatic heterocycles. The standard InChI is InChI=1S/C26H21FN2O2S/c1-20-10-16-24(17-11-20)32(30,31)28-19-26(21-7-3-2-4-8-21)29-18-6-5-9-25(29)22-12-14-23(27)15-13-22/h2-19H,1H3/b26-19-. The lowest BCUT2D eigenvalue weighted by Gasteiger charge is -2.18. The Kier molecular flexibility index (Phi) is 6.14. The molecule has 32 heavy (non-hydrogen) atoms. The molecular formula is C26H21FN2O2S. The van der Waals surface area contributed by atoms with Crippen molar-refractivity contribution in [2.75, 3.05) is 0 Å². The number of pyridine rings is 1. The van der Waals surface area contributed by atoms with Crippen LogP contribution in [0.5, 0.6) is 0 Å². The Bertz CT molecular complexity index is 1350. The first-order valence-electron chi connectivity index (χ1n) is 10.0. The van der Waals surface area contributed by atoms with Crippen molar-refractivity contribution in [3.05, 3.63) is 131 Å². The highest BCUT2D eigenvalue weighted by Gasteiger charge is 2.18. The summed E-state index contributed by atoms with van der Waals surface area (Å²) in [5.74, 6) is -0.325. The zero-order chi connectivity index (χ0) is 22.6. The summed E-state index contributed by atoms with van der Waals surface area (Å²) < 4.78 is 45.0. The van der Waals surface area contributed by atoms with E-state index in [0.717, 1.165) is 22.4 Å². The zero-order valence-corrected chi connectivity index (χ0v) is 18.2. The van der Waals surface area contributed by atoms with Crippen LogP contribution in [0.4, 0.5) is 4.39 Å². The molecule has 0 N–H and O–H groups in total. The number of benzene rings is 3. The summed E-state index contributed by atoms with van der Waals surface area (Å²) in [6, 6.07) is 27.7. The van der Waals surface area contributed by atoms with Crippen LogP contribution in [0.25, 0.3) is 21.7 Å². The summed E-state index contributed by atoms with van der Waals surface area (Å²) in [6.07, 6.45) is 3.18. The fourth-order valence-corrected chi connectivity index (χ4v) is 4.12. The summed E-state index contributed by atoms with van der Waals surface area (Å²) in [6.45, 7) is 1.89. The highest BCUT2D eigenvalue weighted by Crippen LogP contribution is 2.23. The van der Waals surface area contributed by atoms with Crippen molar-refractivity contribution >= 4 is 15.7 Å². The smallest absolute Gasteiger partial charge is 0.218 e. The molecule has 4 rings (SSSR count). The van der Waals surface area contributed by atoms with Crippen molar-refractivity contribution in [3.63, 3.8) is 0 Å². The number of hydrogen-bond acceptors (Lipinski definition) is 2. The maximum absolute atomic E-state index is 13.5. The van der Waals surface area contributed by atoms with Crippen molar-refractivity contribution < 1.29 is 17.4 Å². The molecular weight excluding hydrogens is 423 g/mol. The first kappa shape index (κ1) is 21.5. The van der Waals surface area contributed by atoms with Gasteiger partial charge in [0.05, 0.1) is 4.90 Å². The molecule has 6 heteroatoms. The van der Waals surface area contributed by atoms with E-state index < -0.39 is 10.0 Å². The van der Waals surface area contributed by atoms with E-state index in [1.165, 1.54) is 18.3 Å². The average molecular weight is 445 g/mol. The molecule has 0 fully saturated rings. The predicted octanol–water partition coefficient (Wildman–Crippen LogP) is 5.70. The van der Waals surface area contributed by atoms with Crippen LogP contribution >= 0.6 is 0 Å². The molecule has 0 spiro atoms. The van der Waals surface area contributed by atoms with E-state index >= 15 is 0 Å². The third kappa shape index (κ3) is 4.76. The predicted molar refractivity (Wildman–Crippen MR) is 124 cm³/mol. The van der Waals surface area contributed by atoms with Crippen LogP contribution < -0.4 is 4.57 Å². The molecule has 0 aliphatic heterocycles. The molecule has 0 radical (unpaired) electrons. The first-order valence-corrected chi connectivity index (χ1v) is 11.4. The van der Waals surface area contributed by atoms with E-state index in [-0.39, 0.29) is 10.7 Å². The summed E-state index contributed by atoms with van der Waals surface area (Å²) in [4.78, 5) is 0.128. The second kappa shape index (κ2) is 9.16. The van der Waals surface area contributed by atoms with Gasteiger partial charge >= 0.3 is 0 Å². The minimum atomic E-state index is -3.89. The van der Waals surface area contributed by atoms with Crippen molar-refractivity contribution in [1.82, 2.24) is 0 Å². The molecule has 0 amide bonds. The number of rotatable bonds is 6. The Morgan fingerprint density at radius 3 is 2.19 bits per heavy atom. The number of halogens is 1. The van der Waals surface area contributed by atoms with Gasteiger partial charge in [-0.2, -0.15) is 4.57 Å². The van der Waals surface area contributed by atoms with Gasteiger partial charge in [-0.3, -0.25) is 0 Å². The van der Waals surface area contributed by atoms with Gasteiger partial charge < -0.3 is 4.72 Å². The molecule has 0 atom stereocenters. The Morgan fingerprint density at radius 2 is 1.50 bits per heavy atom. The SMILES string of the molecule is Cc1ccc(S(=O)(=O)[N-]/C=C(/c2ccccc2)[n+]2ccccc2-c2ccc(F)cc2)cc1. The number of aryl methyl sites for hydroxylation is 1. The lowest BCUT2D eigenvalue weighted by molar-refractivity contribution is -0.567. The average Bonchev–Trinajstić information content (AvgIpc) is 2.81. The normalized spacial score (nSPS) is 11.9. The largest absolute Gasteiger partial charge is 0.574 e. The van der Waals surface area contributed by atoms with E-state index in [0.29, 0.717) is 5.70 Å². The lowest BCUT2D eigenvalue weighted by atomic mass is 10.1. The molecule has 0 aliphatic rings. The molecule has 4 nitrogen and oxygen atoms in total. The highest BCUT2D eigenvalue weighted by atomic mass is 32.2. The van der Waals surface area contributed by atoms with E-state index in [9.17, 15) is 12.8 Å². The topological polar surface area (TPSA) is 52.1 Å². The van der Waals surface area contributed by atoms with Gasteiger partial charge in [0, 0.05) is 23.3 Å². The number of nitrogens with zero attached hydrogens (tertiary/aromatic N) is 2. The second-order valence-corrected chi connectivity index (χ2v) is 8.87. The number of aromatic nitrogens is 1. The zero-order valence-electron chi connectivity index (χ0n) is 17.4. The highest BCUT2D eigenvalue weighted by molar-refractivity contribution is 7.94. The monoisotopic (exact) mass is 444 g/mol. The first-order chi connectivity index (χ1) is 15.4. The van der Waals surface area contributed by atoms with Crippen molar-refractivity contribution in [3.8, 4) is 11.3 Å². The van der Waals surface area contributed by atoms with Crippen molar-refractivity contribution in [2.24, 2.45) is 0 Å². The molecule has 3 aromatic carbocycles. The molecule has 0 unspecified atom stereocenters. The van der Waals surface area contributed by atoms with E-state index in [4.69, 9.17) is 0 Å². The van der Waals surface area contributed by atoms with Gasteiger partial charge in [-0.15, -0.1) is 0 Å². The number of hydrogen-bond donors (Lipinski definition) is 0. The molecule has 0 aliphatic carbocycles. The van der Waals surface area contributed by atoms with Crippen LogP contribution in [-0.2, 0) is 10.0 Å². The Morgan fingerprint density at radius 1 is 0.844 bits per heavy atom. The van der Waals surface area contributed by atoms with Gasteiger partial charge in [0.25, 0.3) is 0 Å². The Labute approximate surface area is 187 Å². The van der Waals surface area contributed by atoms with Crippen LogP contribution in [0.3, 0.4) is 0 Å². The van der Waals surface area contributed by atoms with Crippen molar-refractivity contribution in [1.29, 1.82) is 0 Å². The van der Waals surface area contributed by atoms with Crippen LogP contribution in [0, 0.1) is 12.7 Å². The minimum absolute atomic E-state index is 0.128. The third-order valence-corrected chi connectivity index (χ3v) is 6.21. The molecule has 4 aromatic rings. The second-order valence-electron chi connectivity index (χ2n) is 7.24. The maximum Gasteiger partial charge on any atom is 0.218 e. The van der Waals surface area contributed by atoms with E-state index in [1.54, 1.807) is 36.4 Å². The lowest BCUT2D eigenvalue weighted by Crippen LogP contribution is -2.35.